The highest BCUT2D eigenvalue weighted by Gasteiger charge is 2.27. The summed E-state index contributed by atoms with van der Waals surface area (Å²) in [7, 11) is 0. The van der Waals surface area contributed by atoms with Crippen molar-refractivity contribution in [1.82, 2.24) is 0 Å². The summed E-state index contributed by atoms with van der Waals surface area (Å²) in [6.07, 6.45) is 0. The van der Waals surface area contributed by atoms with E-state index in [0.29, 0.717) is 5.56 Å². The Morgan fingerprint density at radius 2 is 1.65 bits per heavy atom. The van der Waals surface area contributed by atoms with Crippen LogP contribution in [0.1, 0.15) is 16.8 Å². The zero-order valence-electron chi connectivity index (χ0n) is 13.4. The number of rotatable bonds is 2. The van der Waals surface area contributed by atoms with Crippen molar-refractivity contribution in [2.75, 3.05) is 36.0 Å². The zero-order valence-corrected chi connectivity index (χ0v) is 13.4. The minimum absolute atomic E-state index is 0.212. The topological polar surface area (TPSA) is 44.4 Å². The maximum absolute atomic E-state index is 13.0. The third kappa shape index (κ3) is 3.11. The van der Waals surface area contributed by atoms with Crippen LogP contribution in [0, 0.1) is 31.0 Å². The van der Waals surface area contributed by atoms with E-state index in [0.717, 1.165) is 48.9 Å². The van der Waals surface area contributed by atoms with Gasteiger partial charge in [-0.1, -0.05) is 0 Å². The average Bonchev–Trinajstić information content (AvgIpc) is 2.55. The summed E-state index contributed by atoms with van der Waals surface area (Å²) in [5, 5.41) is 9.43. The standard InChI is InChI=1S/C18H19FN4/c1-13-11-14(2)21-18(17(13)12-20)23-9-7-22(8-10-23)16-5-3-15(19)4-6-16/h3-6,11H,7-10H2,1-2H3/p+1. The van der Waals surface area contributed by atoms with E-state index < -0.39 is 0 Å². The first-order valence-corrected chi connectivity index (χ1v) is 7.77. The van der Waals surface area contributed by atoms with Crippen LogP contribution in [0.5, 0.6) is 0 Å². The van der Waals surface area contributed by atoms with E-state index in [4.69, 9.17) is 0 Å². The van der Waals surface area contributed by atoms with E-state index in [-0.39, 0.29) is 5.82 Å². The number of aromatic amines is 1. The number of anilines is 2. The quantitative estimate of drug-likeness (QED) is 0.856. The summed E-state index contributed by atoms with van der Waals surface area (Å²) in [5.74, 6) is 0.694. The number of aryl methyl sites for hydroxylation is 2. The van der Waals surface area contributed by atoms with Gasteiger partial charge in [0.2, 0.25) is 0 Å². The molecule has 4 nitrogen and oxygen atoms in total. The summed E-state index contributed by atoms with van der Waals surface area (Å²) in [4.78, 5) is 7.80. The molecule has 23 heavy (non-hydrogen) atoms. The molecule has 5 heteroatoms. The molecule has 0 amide bonds. The van der Waals surface area contributed by atoms with Gasteiger partial charge in [-0.2, -0.15) is 5.26 Å². The molecule has 0 saturated carbocycles. The number of benzene rings is 1. The van der Waals surface area contributed by atoms with E-state index in [9.17, 15) is 9.65 Å². The van der Waals surface area contributed by atoms with E-state index >= 15 is 0 Å². The lowest BCUT2D eigenvalue weighted by Crippen LogP contribution is -2.48. The predicted molar refractivity (Wildman–Crippen MR) is 88.0 cm³/mol. The average molecular weight is 311 g/mol. The Morgan fingerprint density at radius 1 is 1.04 bits per heavy atom. The maximum Gasteiger partial charge on any atom is 0.293 e. The molecular weight excluding hydrogens is 291 g/mol. The minimum Gasteiger partial charge on any atom is -0.364 e. The second-order valence-corrected chi connectivity index (χ2v) is 5.92. The lowest BCUT2D eigenvalue weighted by Gasteiger charge is -2.33. The van der Waals surface area contributed by atoms with E-state index in [1.807, 2.05) is 32.0 Å². The molecule has 0 atom stereocenters. The fourth-order valence-electron chi connectivity index (χ4n) is 3.09. The molecule has 2 heterocycles. The van der Waals surface area contributed by atoms with Crippen LogP contribution in [-0.4, -0.2) is 26.2 Å². The van der Waals surface area contributed by atoms with E-state index in [1.165, 1.54) is 12.1 Å². The van der Waals surface area contributed by atoms with Gasteiger partial charge in [0, 0.05) is 5.69 Å². The van der Waals surface area contributed by atoms with Crippen LogP contribution in [-0.2, 0) is 0 Å². The number of nitrogens with one attached hydrogen (secondary N) is 1. The van der Waals surface area contributed by atoms with Gasteiger partial charge >= 0.3 is 0 Å². The van der Waals surface area contributed by atoms with Crippen molar-refractivity contribution in [3.8, 4) is 6.07 Å². The van der Waals surface area contributed by atoms with Crippen LogP contribution >= 0.6 is 0 Å². The van der Waals surface area contributed by atoms with Crippen molar-refractivity contribution in [2.45, 2.75) is 13.8 Å². The van der Waals surface area contributed by atoms with Crippen LogP contribution in [0.3, 0.4) is 0 Å². The molecule has 1 aliphatic rings. The molecule has 1 aliphatic heterocycles. The van der Waals surface area contributed by atoms with Crippen LogP contribution in [0.15, 0.2) is 30.3 Å². The fourth-order valence-corrected chi connectivity index (χ4v) is 3.09. The zero-order chi connectivity index (χ0) is 16.4. The van der Waals surface area contributed by atoms with Crippen molar-refractivity contribution < 1.29 is 9.37 Å². The number of hydrogen-bond acceptors (Lipinski definition) is 3. The third-order valence-corrected chi connectivity index (χ3v) is 4.28. The van der Waals surface area contributed by atoms with Gasteiger partial charge in [0.1, 0.15) is 30.5 Å². The molecule has 0 spiro atoms. The molecule has 3 rings (SSSR count). The Bertz CT molecular complexity index is 741. The molecule has 0 aliphatic carbocycles. The van der Waals surface area contributed by atoms with Crippen molar-refractivity contribution >= 4 is 11.5 Å². The van der Waals surface area contributed by atoms with Gasteiger partial charge in [0.25, 0.3) is 5.82 Å². The molecule has 1 aromatic heterocycles. The first-order valence-electron chi connectivity index (χ1n) is 7.77. The van der Waals surface area contributed by atoms with E-state index in [1.54, 1.807) is 0 Å². The lowest BCUT2D eigenvalue weighted by atomic mass is 10.1. The molecule has 1 aromatic carbocycles. The van der Waals surface area contributed by atoms with Crippen LogP contribution in [0.4, 0.5) is 15.9 Å². The van der Waals surface area contributed by atoms with Crippen LogP contribution < -0.4 is 14.8 Å². The molecule has 0 radical (unpaired) electrons. The highest BCUT2D eigenvalue weighted by atomic mass is 19.1. The smallest absolute Gasteiger partial charge is 0.293 e. The molecule has 1 saturated heterocycles. The van der Waals surface area contributed by atoms with Gasteiger partial charge in [-0.05, 0) is 49.7 Å². The first kappa shape index (κ1) is 15.3. The van der Waals surface area contributed by atoms with Crippen molar-refractivity contribution in [3.05, 3.63) is 53.0 Å². The van der Waals surface area contributed by atoms with Gasteiger partial charge in [-0.3, -0.25) is 4.90 Å². The van der Waals surface area contributed by atoms with Crippen LogP contribution in [0.2, 0.25) is 0 Å². The molecule has 0 bridgehead atoms. The number of aromatic nitrogens is 1. The summed E-state index contributed by atoms with van der Waals surface area (Å²) >= 11 is 0. The Kier molecular flexibility index (Phi) is 4.16. The van der Waals surface area contributed by atoms with E-state index in [2.05, 4.69) is 20.9 Å². The lowest BCUT2D eigenvalue weighted by molar-refractivity contribution is -0.374. The minimum atomic E-state index is -0.212. The fraction of sp³-hybridized carbons (Fsp3) is 0.333. The third-order valence-electron chi connectivity index (χ3n) is 4.28. The van der Waals surface area contributed by atoms with Gasteiger partial charge in [0.15, 0.2) is 0 Å². The highest BCUT2D eigenvalue weighted by Crippen LogP contribution is 2.22. The molecular formula is C18H20FN4+. The summed E-state index contributed by atoms with van der Waals surface area (Å²) in [5.41, 5.74) is 3.80. The van der Waals surface area contributed by atoms with Gasteiger partial charge < -0.3 is 4.90 Å². The Hall–Kier alpha value is -2.61. The predicted octanol–water partition coefficient (Wildman–Crippen LogP) is 2.45. The highest BCUT2D eigenvalue weighted by molar-refractivity contribution is 5.56. The molecule has 0 unspecified atom stereocenters. The number of halogens is 1. The Balaban J connectivity index is 1.77. The second-order valence-electron chi connectivity index (χ2n) is 5.92. The van der Waals surface area contributed by atoms with Crippen molar-refractivity contribution in [2.24, 2.45) is 0 Å². The van der Waals surface area contributed by atoms with Gasteiger partial charge in [-0.15, -0.1) is 0 Å². The van der Waals surface area contributed by atoms with Gasteiger partial charge in [-0.25, -0.2) is 9.37 Å². The number of piperazine rings is 1. The molecule has 1 fully saturated rings. The van der Waals surface area contributed by atoms with Crippen molar-refractivity contribution in [1.29, 1.82) is 5.26 Å². The number of hydrogen-bond donors (Lipinski definition) is 0. The summed E-state index contributed by atoms with van der Waals surface area (Å²) in [6.45, 7) is 7.32. The SMILES string of the molecule is Cc1cc(C)c(C#N)c(N2CCN(c3ccc(F)cc3)CC2)[nH+]1. The van der Waals surface area contributed by atoms with Crippen molar-refractivity contribution in [3.63, 3.8) is 0 Å². The Labute approximate surface area is 135 Å². The van der Waals surface area contributed by atoms with Gasteiger partial charge in [0.05, 0.1) is 18.8 Å². The summed E-state index contributed by atoms with van der Waals surface area (Å²) < 4.78 is 13.0. The van der Waals surface area contributed by atoms with Crippen LogP contribution in [0.25, 0.3) is 0 Å². The Morgan fingerprint density at radius 3 is 2.26 bits per heavy atom. The number of pyridine rings is 1. The second kappa shape index (κ2) is 6.25. The molecule has 2 aromatic rings. The monoisotopic (exact) mass is 311 g/mol. The number of H-pyrrole nitrogens is 1. The number of nitrogens with zero attached hydrogens (tertiary/aromatic N) is 3. The molecule has 1 N–H and O–H groups in total. The largest absolute Gasteiger partial charge is 0.364 e. The normalized spacial score (nSPS) is 14.7. The maximum atomic E-state index is 13.0. The number of nitriles is 1. The first-order chi connectivity index (χ1) is 11.1. The summed E-state index contributed by atoms with van der Waals surface area (Å²) in [6, 6.07) is 10.9. The molecule has 118 valence electrons.